The molecule has 124 valence electrons. The van der Waals surface area contributed by atoms with E-state index in [1.165, 1.54) is 29.5 Å². The highest BCUT2D eigenvalue weighted by Gasteiger charge is 2.49. The van der Waals surface area contributed by atoms with Crippen LogP contribution in [0.15, 0.2) is 40.2 Å². The Morgan fingerprint density at radius 3 is 2.71 bits per heavy atom. The van der Waals surface area contributed by atoms with Gasteiger partial charge in [-0.25, -0.2) is 4.79 Å². The lowest BCUT2D eigenvalue weighted by Gasteiger charge is -2.21. The zero-order chi connectivity index (χ0) is 17.5. The third kappa shape index (κ3) is 2.80. The molecule has 24 heavy (non-hydrogen) atoms. The van der Waals surface area contributed by atoms with E-state index in [1.807, 2.05) is 12.1 Å². The highest BCUT2D eigenvalue weighted by atomic mass is 79.9. The van der Waals surface area contributed by atoms with Crippen LogP contribution in [0.4, 0.5) is 10.5 Å². The van der Waals surface area contributed by atoms with Crippen molar-refractivity contribution in [1.82, 2.24) is 10.2 Å². The summed E-state index contributed by atoms with van der Waals surface area (Å²) in [5.41, 5.74) is -1.07. The summed E-state index contributed by atoms with van der Waals surface area (Å²) in [6.45, 7) is 1.71. The maximum absolute atomic E-state index is 12.8. The van der Waals surface area contributed by atoms with Crippen molar-refractivity contribution in [2.75, 3.05) is 0 Å². The van der Waals surface area contributed by atoms with Gasteiger partial charge in [0.2, 0.25) is 0 Å². The molecule has 1 unspecified atom stereocenters. The molecule has 1 fully saturated rings. The molecule has 1 aliphatic heterocycles. The first-order valence-electron chi connectivity index (χ1n) is 6.94. The summed E-state index contributed by atoms with van der Waals surface area (Å²) >= 11 is 4.78. The van der Waals surface area contributed by atoms with Crippen LogP contribution in [-0.2, 0) is 16.9 Å². The predicted molar refractivity (Wildman–Crippen MR) is 91.5 cm³/mol. The zero-order valence-corrected chi connectivity index (χ0v) is 14.9. The fourth-order valence-electron chi connectivity index (χ4n) is 2.56. The zero-order valence-electron chi connectivity index (χ0n) is 12.5. The number of nitrogens with one attached hydrogen (secondary N) is 1. The highest BCUT2D eigenvalue weighted by Crippen LogP contribution is 2.32. The molecular formula is C15H12BrN3O4S. The molecule has 0 radical (unpaired) electrons. The van der Waals surface area contributed by atoms with Gasteiger partial charge in [-0.1, -0.05) is 12.1 Å². The van der Waals surface area contributed by atoms with Gasteiger partial charge in [-0.05, 0) is 40.5 Å². The SMILES string of the molecule is CC1(c2cccc([N+](=O)[O-])c2)NC(=O)N(Cc2ccc(Br)s2)C1=O. The molecule has 2 heterocycles. The van der Waals surface area contributed by atoms with Gasteiger partial charge < -0.3 is 5.32 Å². The van der Waals surface area contributed by atoms with Crippen molar-refractivity contribution < 1.29 is 14.5 Å². The average Bonchev–Trinajstić information content (AvgIpc) is 3.05. The van der Waals surface area contributed by atoms with Gasteiger partial charge in [0.05, 0.1) is 15.3 Å². The maximum atomic E-state index is 12.8. The van der Waals surface area contributed by atoms with E-state index in [0.717, 1.165) is 13.6 Å². The second-order valence-electron chi connectivity index (χ2n) is 5.46. The molecule has 2 aromatic rings. The number of carbonyl (C=O) groups excluding carboxylic acids is 2. The highest BCUT2D eigenvalue weighted by molar-refractivity contribution is 9.11. The number of imide groups is 1. The Balaban J connectivity index is 1.92. The Morgan fingerprint density at radius 2 is 2.08 bits per heavy atom. The number of hydrogen-bond donors (Lipinski definition) is 1. The topological polar surface area (TPSA) is 92.6 Å². The van der Waals surface area contributed by atoms with Crippen LogP contribution in [-0.4, -0.2) is 21.8 Å². The molecule has 1 aliphatic rings. The van der Waals surface area contributed by atoms with Crippen LogP contribution in [0.1, 0.15) is 17.4 Å². The molecule has 1 N–H and O–H groups in total. The number of nitro groups is 1. The van der Waals surface area contributed by atoms with Crippen molar-refractivity contribution >= 4 is 44.9 Å². The van der Waals surface area contributed by atoms with Gasteiger partial charge in [-0.2, -0.15) is 0 Å². The maximum Gasteiger partial charge on any atom is 0.325 e. The van der Waals surface area contributed by atoms with E-state index in [1.54, 1.807) is 13.0 Å². The van der Waals surface area contributed by atoms with E-state index in [4.69, 9.17) is 0 Å². The molecule has 0 aliphatic carbocycles. The van der Waals surface area contributed by atoms with E-state index in [-0.39, 0.29) is 12.2 Å². The van der Waals surface area contributed by atoms with Crippen LogP contribution >= 0.6 is 27.3 Å². The van der Waals surface area contributed by atoms with Crippen LogP contribution in [0.25, 0.3) is 0 Å². The first kappa shape index (κ1) is 16.6. The van der Waals surface area contributed by atoms with Crippen molar-refractivity contribution in [1.29, 1.82) is 0 Å². The molecule has 7 nitrogen and oxygen atoms in total. The molecule has 3 amide bonds. The van der Waals surface area contributed by atoms with E-state index >= 15 is 0 Å². The smallest absolute Gasteiger partial charge is 0.319 e. The number of nitro benzene ring substituents is 1. The van der Waals surface area contributed by atoms with Crippen LogP contribution in [0.3, 0.4) is 0 Å². The minimum atomic E-state index is -1.32. The minimum absolute atomic E-state index is 0.128. The van der Waals surface area contributed by atoms with Gasteiger partial charge in [0.25, 0.3) is 11.6 Å². The lowest BCUT2D eigenvalue weighted by Crippen LogP contribution is -2.40. The van der Waals surface area contributed by atoms with Crippen molar-refractivity contribution in [2.45, 2.75) is 19.0 Å². The summed E-state index contributed by atoms with van der Waals surface area (Å²) in [4.78, 5) is 37.4. The fraction of sp³-hybridized carbons (Fsp3) is 0.200. The quantitative estimate of drug-likeness (QED) is 0.475. The fourth-order valence-corrected chi connectivity index (χ4v) is 4.03. The van der Waals surface area contributed by atoms with Gasteiger partial charge in [0, 0.05) is 17.0 Å². The molecule has 3 rings (SSSR count). The Bertz CT molecular complexity index is 853. The normalized spacial score (nSPS) is 20.3. The van der Waals surface area contributed by atoms with Crippen LogP contribution in [0.2, 0.25) is 0 Å². The number of urea groups is 1. The van der Waals surface area contributed by atoms with Gasteiger partial charge in [-0.3, -0.25) is 19.8 Å². The Labute approximate surface area is 149 Å². The van der Waals surface area contributed by atoms with Gasteiger partial charge in [-0.15, -0.1) is 11.3 Å². The second kappa shape index (κ2) is 5.99. The van der Waals surface area contributed by atoms with Gasteiger partial charge in [0.1, 0.15) is 5.54 Å². The van der Waals surface area contributed by atoms with E-state index < -0.39 is 22.4 Å². The summed E-state index contributed by atoms with van der Waals surface area (Å²) in [7, 11) is 0. The number of halogens is 1. The Hall–Kier alpha value is -2.26. The monoisotopic (exact) mass is 409 g/mol. The Kier molecular flexibility index (Phi) is 4.14. The van der Waals surface area contributed by atoms with E-state index in [0.29, 0.717) is 5.56 Å². The van der Waals surface area contributed by atoms with Crippen molar-refractivity contribution in [3.63, 3.8) is 0 Å². The molecule has 1 aromatic heterocycles. The third-order valence-electron chi connectivity index (χ3n) is 3.85. The number of nitrogens with zero attached hydrogens (tertiary/aromatic N) is 2. The largest absolute Gasteiger partial charge is 0.325 e. The molecule has 1 aromatic carbocycles. The first-order chi connectivity index (χ1) is 11.3. The molecular weight excluding hydrogens is 398 g/mol. The molecule has 0 bridgehead atoms. The first-order valence-corrected chi connectivity index (χ1v) is 8.55. The number of thiophene rings is 1. The minimum Gasteiger partial charge on any atom is -0.319 e. The average molecular weight is 410 g/mol. The van der Waals surface area contributed by atoms with Gasteiger partial charge >= 0.3 is 6.03 Å². The number of rotatable bonds is 4. The number of non-ortho nitro benzene ring substituents is 1. The summed E-state index contributed by atoms with van der Waals surface area (Å²) in [6, 6.07) is 8.90. The number of benzene rings is 1. The molecule has 1 atom stereocenters. The molecule has 0 spiro atoms. The summed E-state index contributed by atoms with van der Waals surface area (Å²) in [6.07, 6.45) is 0. The summed E-state index contributed by atoms with van der Waals surface area (Å²) < 4.78 is 0.908. The predicted octanol–water partition coefficient (Wildman–Crippen LogP) is 3.39. The number of hydrogen-bond acceptors (Lipinski definition) is 5. The van der Waals surface area contributed by atoms with Crippen molar-refractivity contribution in [3.8, 4) is 0 Å². The lowest BCUT2D eigenvalue weighted by molar-refractivity contribution is -0.385. The standard InChI is InChI=1S/C15H12BrN3O4S/c1-15(9-3-2-4-10(7-9)19(22)23)13(20)18(14(21)17-15)8-11-5-6-12(16)24-11/h2-7H,8H2,1H3,(H,17,21). The second-order valence-corrected chi connectivity index (χ2v) is 8.01. The molecule has 1 saturated heterocycles. The van der Waals surface area contributed by atoms with Crippen LogP contribution in [0.5, 0.6) is 0 Å². The third-order valence-corrected chi connectivity index (χ3v) is 5.46. The van der Waals surface area contributed by atoms with Crippen molar-refractivity contribution in [2.24, 2.45) is 0 Å². The van der Waals surface area contributed by atoms with E-state index in [9.17, 15) is 19.7 Å². The van der Waals surface area contributed by atoms with Crippen molar-refractivity contribution in [3.05, 3.63) is 60.7 Å². The lowest BCUT2D eigenvalue weighted by atomic mass is 9.91. The summed E-state index contributed by atoms with van der Waals surface area (Å²) in [5.74, 6) is -0.433. The molecule has 9 heteroatoms. The van der Waals surface area contributed by atoms with Crippen LogP contribution < -0.4 is 5.32 Å². The molecule has 0 saturated carbocycles. The van der Waals surface area contributed by atoms with E-state index in [2.05, 4.69) is 21.2 Å². The number of amides is 3. The summed E-state index contributed by atoms with van der Waals surface area (Å²) in [5, 5.41) is 13.6. The number of carbonyl (C=O) groups is 2. The Morgan fingerprint density at radius 1 is 1.33 bits per heavy atom. The van der Waals surface area contributed by atoms with Gasteiger partial charge in [0.15, 0.2) is 0 Å². The van der Waals surface area contributed by atoms with Crippen LogP contribution in [0, 0.1) is 10.1 Å².